The number of anilines is 2. The molecular formula is C20H18F3N5O2. The molecule has 156 valence electrons. The molecule has 1 aliphatic heterocycles. The zero-order chi connectivity index (χ0) is 21.3. The van der Waals surface area contributed by atoms with Gasteiger partial charge >= 0.3 is 6.18 Å². The standard InChI is InChI=1S/C20H18F3N5O2/c1-30-14-6-2-4-12(8-14)16-9-17(20(21,22)23)28-18(27-16)15(11-25-28)19(29)26-13-5-3-7-24-10-13/h2-8,10-11,16-17,27H,9H2,1H3,(H,26,29)/t16-,17+/m0/s1. The smallest absolute Gasteiger partial charge is 0.410 e. The molecule has 0 saturated carbocycles. The molecule has 4 rings (SSSR count). The summed E-state index contributed by atoms with van der Waals surface area (Å²) in [6, 6.07) is 7.53. The van der Waals surface area contributed by atoms with Crippen LogP contribution < -0.4 is 15.4 Å². The zero-order valence-corrected chi connectivity index (χ0v) is 15.8. The van der Waals surface area contributed by atoms with Crippen molar-refractivity contribution >= 4 is 17.4 Å². The summed E-state index contributed by atoms with van der Waals surface area (Å²) in [5.41, 5.74) is 1.06. The maximum absolute atomic E-state index is 13.8. The van der Waals surface area contributed by atoms with E-state index in [1.165, 1.54) is 13.3 Å². The minimum atomic E-state index is -4.53. The van der Waals surface area contributed by atoms with Crippen LogP contribution in [0.1, 0.15) is 34.4 Å². The molecule has 0 unspecified atom stereocenters. The van der Waals surface area contributed by atoms with E-state index in [0.29, 0.717) is 17.0 Å². The minimum Gasteiger partial charge on any atom is -0.497 e. The highest BCUT2D eigenvalue weighted by molar-refractivity contribution is 6.07. The summed E-state index contributed by atoms with van der Waals surface area (Å²) in [6.07, 6.45) is -0.669. The number of rotatable bonds is 4. The number of nitrogens with zero attached hydrogens (tertiary/aromatic N) is 3. The number of ether oxygens (including phenoxy) is 1. The lowest BCUT2D eigenvalue weighted by atomic mass is 9.96. The van der Waals surface area contributed by atoms with Crippen molar-refractivity contribution in [2.75, 3.05) is 17.7 Å². The summed E-state index contributed by atoms with van der Waals surface area (Å²) in [7, 11) is 1.49. The van der Waals surface area contributed by atoms with E-state index < -0.39 is 24.2 Å². The number of alkyl halides is 3. The molecule has 2 atom stereocenters. The highest BCUT2D eigenvalue weighted by Crippen LogP contribution is 2.44. The lowest BCUT2D eigenvalue weighted by Crippen LogP contribution is -2.36. The highest BCUT2D eigenvalue weighted by Gasteiger charge is 2.47. The van der Waals surface area contributed by atoms with Crippen molar-refractivity contribution in [2.45, 2.75) is 24.7 Å². The average Bonchev–Trinajstić information content (AvgIpc) is 3.17. The molecule has 1 aromatic carbocycles. The van der Waals surface area contributed by atoms with Crippen LogP contribution >= 0.6 is 0 Å². The summed E-state index contributed by atoms with van der Waals surface area (Å²) < 4.78 is 47.4. The Bertz CT molecular complexity index is 1050. The van der Waals surface area contributed by atoms with Crippen LogP contribution in [0.15, 0.2) is 55.0 Å². The predicted octanol–water partition coefficient (Wildman–Crippen LogP) is 4.20. The van der Waals surface area contributed by atoms with Gasteiger partial charge in [-0.3, -0.25) is 9.78 Å². The van der Waals surface area contributed by atoms with Crippen molar-refractivity contribution in [3.8, 4) is 5.75 Å². The molecule has 0 spiro atoms. The number of hydrogen-bond donors (Lipinski definition) is 2. The van der Waals surface area contributed by atoms with Gasteiger partial charge in [0.15, 0.2) is 6.04 Å². The highest BCUT2D eigenvalue weighted by atomic mass is 19.4. The van der Waals surface area contributed by atoms with Crippen LogP contribution in [-0.4, -0.2) is 34.0 Å². The molecule has 3 aromatic rings. The quantitative estimate of drug-likeness (QED) is 0.665. The van der Waals surface area contributed by atoms with Crippen molar-refractivity contribution in [3.63, 3.8) is 0 Å². The first-order chi connectivity index (χ1) is 14.4. The van der Waals surface area contributed by atoms with Gasteiger partial charge in [-0.2, -0.15) is 18.3 Å². The molecule has 2 aromatic heterocycles. The topological polar surface area (TPSA) is 81.1 Å². The van der Waals surface area contributed by atoms with E-state index in [1.54, 1.807) is 42.6 Å². The second-order valence-electron chi connectivity index (χ2n) is 6.81. The molecule has 1 aliphatic rings. The first-order valence-electron chi connectivity index (χ1n) is 9.13. The number of nitrogens with one attached hydrogen (secondary N) is 2. The number of fused-ring (bicyclic) bond motifs is 1. The van der Waals surface area contributed by atoms with Gasteiger partial charge in [-0.25, -0.2) is 4.68 Å². The summed E-state index contributed by atoms with van der Waals surface area (Å²) in [6.45, 7) is 0. The number of carbonyl (C=O) groups is 1. The van der Waals surface area contributed by atoms with Gasteiger partial charge < -0.3 is 15.4 Å². The van der Waals surface area contributed by atoms with Gasteiger partial charge in [-0.15, -0.1) is 0 Å². The molecule has 0 bridgehead atoms. The molecule has 0 saturated heterocycles. The van der Waals surface area contributed by atoms with Crippen LogP contribution in [-0.2, 0) is 0 Å². The Balaban J connectivity index is 1.70. The van der Waals surface area contributed by atoms with E-state index in [9.17, 15) is 18.0 Å². The Labute approximate surface area is 169 Å². The fourth-order valence-electron chi connectivity index (χ4n) is 3.44. The van der Waals surface area contributed by atoms with Crippen LogP contribution in [0.4, 0.5) is 24.7 Å². The number of amides is 1. The third kappa shape index (κ3) is 3.80. The van der Waals surface area contributed by atoms with Crippen LogP contribution in [0.3, 0.4) is 0 Å². The number of halogens is 3. The van der Waals surface area contributed by atoms with Gasteiger partial charge in [0.25, 0.3) is 5.91 Å². The molecule has 0 fully saturated rings. The molecule has 30 heavy (non-hydrogen) atoms. The number of methoxy groups -OCH3 is 1. The number of carbonyl (C=O) groups excluding carboxylic acids is 1. The summed E-state index contributed by atoms with van der Waals surface area (Å²) >= 11 is 0. The number of aromatic nitrogens is 3. The van der Waals surface area contributed by atoms with Crippen molar-refractivity contribution in [2.24, 2.45) is 0 Å². The maximum Gasteiger partial charge on any atom is 0.410 e. The molecule has 0 radical (unpaired) electrons. The van der Waals surface area contributed by atoms with Crippen molar-refractivity contribution < 1.29 is 22.7 Å². The van der Waals surface area contributed by atoms with Crippen LogP contribution in [0, 0.1) is 0 Å². The maximum atomic E-state index is 13.8. The molecule has 10 heteroatoms. The summed E-state index contributed by atoms with van der Waals surface area (Å²) in [5.74, 6) is -0.0340. The molecule has 7 nitrogen and oxygen atoms in total. The lowest BCUT2D eigenvalue weighted by molar-refractivity contribution is -0.173. The monoisotopic (exact) mass is 417 g/mol. The number of hydrogen-bond acceptors (Lipinski definition) is 5. The van der Waals surface area contributed by atoms with Crippen LogP contribution in [0.5, 0.6) is 5.75 Å². The first kappa shape index (κ1) is 19.7. The zero-order valence-electron chi connectivity index (χ0n) is 15.8. The Morgan fingerprint density at radius 3 is 2.80 bits per heavy atom. The molecule has 1 amide bonds. The second-order valence-corrected chi connectivity index (χ2v) is 6.81. The van der Waals surface area contributed by atoms with Gasteiger partial charge in [0.2, 0.25) is 0 Å². The Morgan fingerprint density at radius 2 is 2.10 bits per heavy atom. The third-order valence-corrected chi connectivity index (χ3v) is 4.90. The van der Waals surface area contributed by atoms with Gasteiger partial charge in [0.1, 0.15) is 17.1 Å². The van der Waals surface area contributed by atoms with Crippen molar-refractivity contribution in [3.05, 3.63) is 66.1 Å². The Hall–Kier alpha value is -3.56. The van der Waals surface area contributed by atoms with Gasteiger partial charge in [-0.05, 0) is 29.8 Å². The normalized spacial score (nSPS) is 18.3. The van der Waals surface area contributed by atoms with E-state index in [1.807, 2.05) is 0 Å². The fraction of sp³-hybridized carbons (Fsp3) is 0.250. The second kappa shape index (κ2) is 7.69. The fourth-order valence-corrected chi connectivity index (χ4v) is 3.44. The number of benzene rings is 1. The predicted molar refractivity (Wildman–Crippen MR) is 103 cm³/mol. The minimum absolute atomic E-state index is 0.0118. The van der Waals surface area contributed by atoms with Crippen molar-refractivity contribution in [1.29, 1.82) is 0 Å². The molecule has 3 heterocycles. The van der Waals surface area contributed by atoms with E-state index in [-0.39, 0.29) is 17.8 Å². The lowest BCUT2D eigenvalue weighted by Gasteiger charge is -2.34. The largest absolute Gasteiger partial charge is 0.497 e. The van der Waals surface area contributed by atoms with Crippen LogP contribution in [0.2, 0.25) is 0 Å². The van der Waals surface area contributed by atoms with Gasteiger partial charge in [-0.1, -0.05) is 12.1 Å². The SMILES string of the molecule is COc1cccc([C@@H]2C[C@H](C(F)(F)F)n3ncc(C(=O)Nc4cccnc4)c3N2)c1. The molecular weight excluding hydrogens is 399 g/mol. The first-order valence-corrected chi connectivity index (χ1v) is 9.13. The number of pyridine rings is 1. The van der Waals surface area contributed by atoms with Gasteiger partial charge in [0.05, 0.1) is 31.2 Å². The summed E-state index contributed by atoms with van der Waals surface area (Å²) in [5, 5.41) is 9.54. The van der Waals surface area contributed by atoms with E-state index in [0.717, 1.165) is 10.9 Å². The third-order valence-electron chi connectivity index (χ3n) is 4.90. The summed E-state index contributed by atoms with van der Waals surface area (Å²) in [4.78, 5) is 16.6. The van der Waals surface area contributed by atoms with E-state index in [2.05, 4.69) is 20.7 Å². The van der Waals surface area contributed by atoms with Gasteiger partial charge in [0, 0.05) is 12.6 Å². The Kier molecular flexibility index (Phi) is 5.06. The van der Waals surface area contributed by atoms with E-state index in [4.69, 9.17) is 4.74 Å². The Morgan fingerprint density at radius 1 is 1.27 bits per heavy atom. The average molecular weight is 417 g/mol. The van der Waals surface area contributed by atoms with E-state index >= 15 is 0 Å². The molecule has 2 N–H and O–H groups in total. The van der Waals surface area contributed by atoms with Crippen molar-refractivity contribution in [1.82, 2.24) is 14.8 Å². The molecule has 0 aliphatic carbocycles. The van der Waals surface area contributed by atoms with Crippen LogP contribution in [0.25, 0.3) is 0 Å².